The summed E-state index contributed by atoms with van der Waals surface area (Å²) in [7, 11) is 4.16. The summed E-state index contributed by atoms with van der Waals surface area (Å²) in [5, 5.41) is 9.00. The molecule has 2 heterocycles. The van der Waals surface area contributed by atoms with Crippen LogP contribution in [0.1, 0.15) is 42.9 Å². The SMILES string of the molecule is CCn1c(CN(C)C)nnc1C1CCN(CC=Cc2ccccc2)CC1. The van der Waals surface area contributed by atoms with Crippen LogP contribution in [0, 0.1) is 0 Å². The van der Waals surface area contributed by atoms with Crippen molar-refractivity contribution in [3.05, 3.63) is 53.6 Å². The second-order valence-corrected chi connectivity index (χ2v) is 7.34. The molecule has 0 saturated carbocycles. The molecule has 5 nitrogen and oxygen atoms in total. The van der Waals surface area contributed by atoms with Gasteiger partial charge in [-0.3, -0.25) is 4.90 Å². The van der Waals surface area contributed by atoms with Crippen molar-refractivity contribution in [1.82, 2.24) is 24.6 Å². The highest BCUT2D eigenvalue weighted by Crippen LogP contribution is 2.27. The maximum atomic E-state index is 4.54. The Balaban J connectivity index is 1.54. The van der Waals surface area contributed by atoms with Gasteiger partial charge in [-0.1, -0.05) is 42.5 Å². The second-order valence-electron chi connectivity index (χ2n) is 7.34. The molecule has 1 aromatic carbocycles. The first-order valence-electron chi connectivity index (χ1n) is 9.68. The molecule has 0 unspecified atom stereocenters. The van der Waals surface area contributed by atoms with E-state index in [2.05, 4.69) is 88.1 Å². The number of aromatic nitrogens is 3. The Kier molecular flexibility index (Phi) is 6.58. The Hall–Kier alpha value is -1.98. The Morgan fingerprint density at radius 3 is 2.50 bits per heavy atom. The second kappa shape index (κ2) is 9.10. The zero-order valence-corrected chi connectivity index (χ0v) is 16.3. The molecule has 1 aliphatic rings. The van der Waals surface area contributed by atoms with Crippen molar-refractivity contribution in [2.45, 2.75) is 38.8 Å². The molecule has 0 spiro atoms. The zero-order valence-electron chi connectivity index (χ0n) is 16.3. The summed E-state index contributed by atoms with van der Waals surface area (Å²) in [4.78, 5) is 4.69. The van der Waals surface area contributed by atoms with Crippen molar-refractivity contribution >= 4 is 6.08 Å². The summed E-state index contributed by atoms with van der Waals surface area (Å²) < 4.78 is 2.32. The molecule has 0 radical (unpaired) electrons. The fourth-order valence-corrected chi connectivity index (χ4v) is 3.67. The average Bonchev–Trinajstić information content (AvgIpc) is 3.05. The summed E-state index contributed by atoms with van der Waals surface area (Å²) in [6, 6.07) is 10.5. The quantitative estimate of drug-likeness (QED) is 0.766. The first kappa shape index (κ1) is 18.8. The van der Waals surface area contributed by atoms with Crippen molar-refractivity contribution in [2.24, 2.45) is 0 Å². The molecule has 5 heteroatoms. The number of hydrogen-bond donors (Lipinski definition) is 0. The third-order valence-corrected chi connectivity index (χ3v) is 5.06. The highest BCUT2D eigenvalue weighted by Gasteiger charge is 2.25. The molecule has 1 fully saturated rings. The fourth-order valence-electron chi connectivity index (χ4n) is 3.67. The fraction of sp³-hybridized carbons (Fsp3) is 0.524. The van der Waals surface area contributed by atoms with Crippen molar-refractivity contribution in [1.29, 1.82) is 0 Å². The van der Waals surface area contributed by atoms with Gasteiger partial charge in [-0.2, -0.15) is 0 Å². The maximum absolute atomic E-state index is 4.54. The molecular weight excluding hydrogens is 322 g/mol. The lowest BCUT2D eigenvalue weighted by atomic mass is 9.96. The van der Waals surface area contributed by atoms with Crippen molar-refractivity contribution in [2.75, 3.05) is 33.7 Å². The minimum absolute atomic E-state index is 0.535. The molecule has 0 aliphatic carbocycles. The van der Waals surface area contributed by atoms with Gasteiger partial charge in [0.05, 0.1) is 6.54 Å². The first-order valence-corrected chi connectivity index (χ1v) is 9.68. The van der Waals surface area contributed by atoms with Crippen LogP contribution in [-0.2, 0) is 13.1 Å². The smallest absolute Gasteiger partial charge is 0.147 e. The average molecular weight is 354 g/mol. The van der Waals surface area contributed by atoms with Gasteiger partial charge in [-0.15, -0.1) is 10.2 Å². The lowest BCUT2D eigenvalue weighted by Gasteiger charge is -2.30. The Labute approximate surface area is 157 Å². The number of likely N-dealkylation sites (tertiary alicyclic amines) is 1. The van der Waals surface area contributed by atoms with Crippen LogP contribution in [0.25, 0.3) is 6.08 Å². The van der Waals surface area contributed by atoms with Crippen LogP contribution in [0.4, 0.5) is 0 Å². The van der Waals surface area contributed by atoms with E-state index < -0.39 is 0 Å². The molecule has 0 amide bonds. The van der Waals surface area contributed by atoms with Crippen LogP contribution >= 0.6 is 0 Å². The van der Waals surface area contributed by atoms with E-state index in [1.54, 1.807) is 0 Å². The Morgan fingerprint density at radius 1 is 1.12 bits per heavy atom. The molecule has 26 heavy (non-hydrogen) atoms. The van der Waals surface area contributed by atoms with Crippen LogP contribution < -0.4 is 0 Å². The van der Waals surface area contributed by atoms with Gasteiger partial charge in [0.25, 0.3) is 0 Å². The van der Waals surface area contributed by atoms with Gasteiger partial charge in [0.1, 0.15) is 11.6 Å². The highest BCUT2D eigenvalue weighted by molar-refractivity contribution is 5.48. The van der Waals surface area contributed by atoms with Crippen LogP contribution in [0.5, 0.6) is 0 Å². The van der Waals surface area contributed by atoms with Gasteiger partial charge in [0, 0.05) is 19.0 Å². The normalized spacial score (nSPS) is 16.8. The third-order valence-electron chi connectivity index (χ3n) is 5.06. The van der Waals surface area contributed by atoms with E-state index in [0.29, 0.717) is 5.92 Å². The van der Waals surface area contributed by atoms with Crippen molar-refractivity contribution in [3.63, 3.8) is 0 Å². The predicted molar refractivity (Wildman–Crippen MR) is 107 cm³/mol. The number of nitrogens with zero attached hydrogens (tertiary/aromatic N) is 5. The molecule has 1 aromatic heterocycles. The van der Waals surface area contributed by atoms with Gasteiger partial charge in [0.2, 0.25) is 0 Å². The minimum Gasteiger partial charge on any atom is -0.314 e. The highest BCUT2D eigenvalue weighted by atomic mass is 15.3. The summed E-state index contributed by atoms with van der Waals surface area (Å²) >= 11 is 0. The van der Waals surface area contributed by atoms with Gasteiger partial charge in [-0.25, -0.2) is 0 Å². The topological polar surface area (TPSA) is 37.2 Å². The van der Waals surface area contributed by atoms with E-state index in [-0.39, 0.29) is 0 Å². The molecule has 0 atom stereocenters. The Bertz CT molecular complexity index is 696. The molecule has 3 rings (SSSR count). The third kappa shape index (κ3) is 4.80. The van der Waals surface area contributed by atoms with E-state index in [1.807, 2.05) is 0 Å². The standard InChI is InChI=1S/C21H31N5/c1-4-26-20(17-24(2)3)22-23-21(26)19-12-15-25(16-13-19)14-8-11-18-9-6-5-7-10-18/h5-11,19H,4,12-17H2,1-3H3. The van der Waals surface area contributed by atoms with E-state index in [9.17, 15) is 0 Å². The number of hydrogen-bond acceptors (Lipinski definition) is 4. The van der Waals surface area contributed by atoms with E-state index >= 15 is 0 Å². The van der Waals surface area contributed by atoms with E-state index in [0.717, 1.165) is 38.5 Å². The van der Waals surface area contributed by atoms with Crippen molar-refractivity contribution < 1.29 is 0 Å². The van der Waals surface area contributed by atoms with E-state index in [4.69, 9.17) is 0 Å². The molecule has 0 N–H and O–H groups in total. The molecular formula is C21H31N5. The van der Waals surface area contributed by atoms with E-state index in [1.165, 1.54) is 24.2 Å². The monoisotopic (exact) mass is 353 g/mol. The summed E-state index contributed by atoms with van der Waals surface area (Å²) in [5.41, 5.74) is 1.27. The minimum atomic E-state index is 0.535. The largest absolute Gasteiger partial charge is 0.314 e. The van der Waals surface area contributed by atoms with Crippen LogP contribution in [0.2, 0.25) is 0 Å². The Morgan fingerprint density at radius 2 is 1.85 bits per heavy atom. The summed E-state index contributed by atoms with van der Waals surface area (Å²) in [5.74, 6) is 2.80. The lowest BCUT2D eigenvalue weighted by molar-refractivity contribution is 0.227. The van der Waals surface area contributed by atoms with Gasteiger partial charge in [-0.05, 0) is 52.5 Å². The molecule has 140 valence electrons. The molecule has 0 bridgehead atoms. The molecule has 1 saturated heterocycles. The van der Waals surface area contributed by atoms with Crippen LogP contribution in [-0.4, -0.2) is 58.3 Å². The number of benzene rings is 1. The predicted octanol–water partition coefficient (Wildman–Crippen LogP) is 3.25. The maximum Gasteiger partial charge on any atom is 0.147 e. The molecule has 1 aliphatic heterocycles. The summed E-state index contributed by atoms with van der Waals surface area (Å²) in [6.07, 6.45) is 6.82. The number of rotatable bonds is 7. The van der Waals surface area contributed by atoms with Crippen molar-refractivity contribution in [3.8, 4) is 0 Å². The lowest BCUT2D eigenvalue weighted by Crippen LogP contribution is -2.34. The molecule has 2 aromatic rings. The van der Waals surface area contributed by atoms with Gasteiger partial charge >= 0.3 is 0 Å². The van der Waals surface area contributed by atoms with Gasteiger partial charge < -0.3 is 9.47 Å². The van der Waals surface area contributed by atoms with Crippen LogP contribution in [0.3, 0.4) is 0 Å². The zero-order chi connectivity index (χ0) is 18.4. The van der Waals surface area contributed by atoms with Crippen LogP contribution in [0.15, 0.2) is 36.4 Å². The number of piperidine rings is 1. The van der Waals surface area contributed by atoms with Gasteiger partial charge in [0.15, 0.2) is 0 Å². The first-order chi connectivity index (χ1) is 12.7. The summed E-state index contributed by atoms with van der Waals surface area (Å²) in [6.45, 7) is 7.27.